The summed E-state index contributed by atoms with van der Waals surface area (Å²) in [7, 11) is 5.45. The Morgan fingerprint density at radius 3 is 2.45 bits per heavy atom. The Labute approximate surface area is 162 Å². The minimum Gasteiger partial charge on any atom is -0.354 e. The molecule has 5 nitrogen and oxygen atoms in total. The Balaban J connectivity index is 0.00000441. The average Bonchev–Trinajstić information content (AvgIpc) is 2.78. The molecule has 0 atom stereocenters. The molecule has 0 unspecified atom stereocenters. The van der Waals surface area contributed by atoms with E-state index in [0.29, 0.717) is 0 Å². The van der Waals surface area contributed by atoms with E-state index >= 15 is 0 Å². The third kappa shape index (κ3) is 7.77. The summed E-state index contributed by atoms with van der Waals surface area (Å²) in [5.41, 5.74) is 0. The molecule has 0 fully saturated rings. The van der Waals surface area contributed by atoms with Gasteiger partial charge in [0.05, 0.1) is 10.3 Å². The lowest BCUT2D eigenvalue weighted by Crippen LogP contribution is -2.42. The number of rotatable bonds is 5. The molecule has 0 bridgehead atoms. The molecule has 0 aliphatic rings. The smallest absolute Gasteiger partial charge is 0.243 e. The van der Waals surface area contributed by atoms with Gasteiger partial charge in [-0.05, 0) is 41.9 Å². The maximum Gasteiger partial charge on any atom is 0.243 e. The molecule has 0 aliphatic heterocycles. The molecule has 8 heteroatoms. The van der Waals surface area contributed by atoms with Gasteiger partial charge in [0.25, 0.3) is 0 Å². The van der Waals surface area contributed by atoms with E-state index in [0.717, 1.165) is 16.3 Å². The van der Waals surface area contributed by atoms with Crippen LogP contribution in [0, 0.1) is 0 Å². The van der Waals surface area contributed by atoms with Crippen LogP contribution in [0.4, 0.5) is 0 Å². The third-order valence-corrected chi connectivity index (χ3v) is 4.27. The molecule has 1 heterocycles. The van der Waals surface area contributed by atoms with Gasteiger partial charge in [-0.2, -0.15) is 0 Å². The number of hydrogen-bond donors (Lipinski definition) is 1. The number of aliphatic imine (C=N–C) groups is 1. The first-order chi connectivity index (χ1) is 9.79. The van der Waals surface area contributed by atoms with Crippen LogP contribution in [0.15, 0.2) is 20.9 Å². The Hall–Kier alpha value is -0.350. The van der Waals surface area contributed by atoms with Crippen molar-refractivity contribution in [3.8, 4) is 0 Å². The fourth-order valence-electron chi connectivity index (χ4n) is 1.56. The number of nitrogens with zero attached hydrogens (tertiary/aromatic N) is 3. The molecule has 0 aromatic carbocycles. The summed E-state index contributed by atoms with van der Waals surface area (Å²) in [4.78, 5) is 20.9. The maximum atomic E-state index is 11.7. The van der Waals surface area contributed by atoms with E-state index < -0.39 is 0 Å². The first kappa shape index (κ1) is 21.6. The van der Waals surface area contributed by atoms with Crippen LogP contribution in [0.2, 0.25) is 0 Å². The van der Waals surface area contributed by atoms with Crippen LogP contribution in [-0.4, -0.2) is 55.4 Å². The van der Waals surface area contributed by atoms with Crippen LogP contribution < -0.4 is 5.32 Å². The van der Waals surface area contributed by atoms with E-state index in [9.17, 15) is 4.79 Å². The summed E-state index contributed by atoms with van der Waals surface area (Å²) in [6.45, 7) is 5.02. The van der Waals surface area contributed by atoms with Crippen LogP contribution in [0.5, 0.6) is 0 Å². The van der Waals surface area contributed by atoms with Crippen molar-refractivity contribution in [2.45, 2.75) is 26.4 Å². The fourth-order valence-corrected chi connectivity index (χ4v) is 3.10. The first-order valence-electron chi connectivity index (χ1n) is 6.76. The van der Waals surface area contributed by atoms with E-state index in [4.69, 9.17) is 0 Å². The average molecular weight is 503 g/mol. The van der Waals surface area contributed by atoms with Crippen molar-refractivity contribution in [3.05, 3.63) is 20.8 Å². The van der Waals surface area contributed by atoms with Gasteiger partial charge in [-0.3, -0.25) is 4.79 Å². The molecule has 0 spiro atoms. The second-order valence-corrected chi connectivity index (χ2v) is 7.84. The molecule has 0 radical (unpaired) electrons. The number of guanidine groups is 1. The lowest BCUT2D eigenvalue weighted by Gasteiger charge is -2.24. The molecule has 0 aliphatic carbocycles. The van der Waals surface area contributed by atoms with E-state index in [-0.39, 0.29) is 42.5 Å². The van der Waals surface area contributed by atoms with Gasteiger partial charge in [-0.15, -0.1) is 35.3 Å². The summed E-state index contributed by atoms with van der Waals surface area (Å²) in [5, 5.41) is 3.30. The Kier molecular flexibility index (Phi) is 10.3. The minimum atomic E-state index is -0.00896. The van der Waals surface area contributed by atoms with Crippen molar-refractivity contribution in [2.24, 2.45) is 4.99 Å². The summed E-state index contributed by atoms with van der Waals surface area (Å²) < 4.78 is 1.11. The van der Waals surface area contributed by atoms with Gasteiger partial charge in [0.15, 0.2) is 5.96 Å². The van der Waals surface area contributed by atoms with Crippen LogP contribution in [0.3, 0.4) is 0 Å². The van der Waals surface area contributed by atoms with Crippen LogP contribution in [0.1, 0.15) is 18.7 Å². The van der Waals surface area contributed by atoms with Crippen molar-refractivity contribution in [3.63, 3.8) is 0 Å². The maximum absolute atomic E-state index is 11.7. The number of likely N-dealkylation sites (N-methyl/N-ethyl adjacent to an activating group) is 1. The SMILES string of the molecule is CC(C)NC(=NCC(=O)N(C)C)N(C)Cc1ccc(Br)s1.I. The summed E-state index contributed by atoms with van der Waals surface area (Å²) in [5.74, 6) is 0.732. The summed E-state index contributed by atoms with van der Waals surface area (Å²) in [6.07, 6.45) is 0. The summed E-state index contributed by atoms with van der Waals surface area (Å²) in [6, 6.07) is 4.38. The molecule has 126 valence electrons. The number of halogens is 2. The summed E-state index contributed by atoms with van der Waals surface area (Å²) >= 11 is 5.17. The second kappa shape index (κ2) is 10.4. The number of amides is 1. The highest BCUT2D eigenvalue weighted by atomic mass is 127. The highest BCUT2D eigenvalue weighted by molar-refractivity contribution is 14.0. The van der Waals surface area contributed by atoms with Crippen molar-refractivity contribution in [1.82, 2.24) is 15.1 Å². The monoisotopic (exact) mass is 502 g/mol. The Morgan fingerprint density at radius 2 is 2.00 bits per heavy atom. The molecule has 1 amide bonds. The third-order valence-electron chi connectivity index (χ3n) is 2.66. The van der Waals surface area contributed by atoms with Crippen molar-refractivity contribution >= 4 is 63.1 Å². The molecule has 22 heavy (non-hydrogen) atoms. The van der Waals surface area contributed by atoms with E-state index in [1.54, 1.807) is 30.3 Å². The molecular weight excluding hydrogens is 479 g/mol. The van der Waals surface area contributed by atoms with E-state index in [1.165, 1.54) is 4.88 Å². The number of carbonyl (C=O) groups is 1. The largest absolute Gasteiger partial charge is 0.354 e. The topological polar surface area (TPSA) is 47.9 Å². The van der Waals surface area contributed by atoms with Crippen molar-refractivity contribution < 1.29 is 4.79 Å². The number of nitrogens with one attached hydrogen (secondary N) is 1. The highest BCUT2D eigenvalue weighted by Gasteiger charge is 2.11. The molecule has 0 saturated heterocycles. The molecule has 1 aromatic heterocycles. The normalized spacial score (nSPS) is 11.1. The van der Waals surface area contributed by atoms with E-state index in [2.05, 4.69) is 46.2 Å². The zero-order valence-corrected chi connectivity index (χ0v) is 18.3. The lowest BCUT2D eigenvalue weighted by atomic mass is 10.4. The van der Waals surface area contributed by atoms with Crippen molar-refractivity contribution in [2.75, 3.05) is 27.7 Å². The quantitative estimate of drug-likeness (QED) is 0.382. The van der Waals surface area contributed by atoms with E-state index in [1.807, 2.05) is 18.0 Å². The van der Waals surface area contributed by atoms with Gasteiger partial charge >= 0.3 is 0 Å². The van der Waals surface area contributed by atoms with Crippen molar-refractivity contribution in [1.29, 1.82) is 0 Å². The fraction of sp³-hybridized carbons (Fsp3) is 0.571. The molecule has 1 N–H and O–H groups in total. The van der Waals surface area contributed by atoms with Crippen LogP contribution in [0.25, 0.3) is 0 Å². The molecule has 1 aromatic rings. The van der Waals surface area contributed by atoms with Gasteiger partial charge in [0, 0.05) is 32.1 Å². The van der Waals surface area contributed by atoms with Gasteiger partial charge in [-0.25, -0.2) is 4.99 Å². The number of thiophene rings is 1. The van der Waals surface area contributed by atoms with Crippen LogP contribution in [-0.2, 0) is 11.3 Å². The van der Waals surface area contributed by atoms with Gasteiger partial charge in [0.2, 0.25) is 5.91 Å². The van der Waals surface area contributed by atoms with Gasteiger partial charge < -0.3 is 15.1 Å². The van der Waals surface area contributed by atoms with Gasteiger partial charge in [-0.1, -0.05) is 0 Å². The predicted molar refractivity (Wildman–Crippen MR) is 108 cm³/mol. The zero-order valence-electron chi connectivity index (χ0n) is 13.6. The number of carbonyl (C=O) groups excluding carboxylic acids is 1. The number of hydrogen-bond acceptors (Lipinski definition) is 3. The van der Waals surface area contributed by atoms with Crippen LogP contribution >= 0.6 is 51.2 Å². The first-order valence-corrected chi connectivity index (χ1v) is 8.37. The molecule has 1 rings (SSSR count). The Morgan fingerprint density at radius 1 is 1.36 bits per heavy atom. The minimum absolute atomic E-state index is 0. The Bertz CT molecular complexity index is 505. The molecule has 0 saturated carbocycles. The lowest BCUT2D eigenvalue weighted by molar-refractivity contribution is -0.127. The predicted octanol–water partition coefficient (Wildman–Crippen LogP) is 3.00. The molecular formula is C14H24BrIN4OS. The van der Waals surface area contributed by atoms with Gasteiger partial charge in [0.1, 0.15) is 6.54 Å². The standard InChI is InChI=1S/C14H23BrN4OS.HI/c1-10(2)17-14(16-8-13(20)18(3)4)19(5)9-11-6-7-12(15)21-11;/h6-7,10H,8-9H2,1-5H3,(H,16,17);1H. The zero-order chi connectivity index (χ0) is 16.0. The second-order valence-electron chi connectivity index (χ2n) is 5.29. The highest BCUT2D eigenvalue weighted by Crippen LogP contribution is 2.22.